The Labute approximate surface area is 193 Å². The molecular weight excluding hydrogens is 442 g/mol. The Morgan fingerprint density at radius 1 is 1.21 bits per heavy atom. The van der Waals surface area contributed by atoms with Crippen molar-refractivity contribution in [2.75, 3.05) is 30.9 Å². The molecule has 11 nitrogen and oxygen atoms in total. The molecule has 0 fully saturated rings. The molecule has 1 aromatic heterocycles. The smallest absolute Gasteiger partial charge is 0.330 e. The monoisotopic (exact) mass is 465 g/mol. The maximum Gasteiger partial charge on any atom is 0.330 e. The standard InChI is InChI=1S/C23H23N5O6/c1-34-13-12-26(19(29)11-10-16-8-5-9-18(14-16)28(32)33)20-21(24)27(23(31)25-22(20)30)15-17-6-3-2-4-7-17/h2-11,14H,12-13,15,24H2,1H3,(H,25,30,31). The van der Waals surface area contributed by atoms with Crippen LogP contribution in [0.4, 0.5) is 17.2 Å². The van der Waals surface area contributed by atoms with E-state index in [0.29, 0.717) is 5.56 Å². The van der Waals surface area contributed by atoms with E-state index in [1.807, 2.05) is 6.07 Å². The third kappa shape index (κ3) is 5.64. The van der Waals surface area contributed by atoms with Crippen molar-refractivity contribution in [2.45, 2.75) is 6.54 Å². The fourth-order valence-corrected chi connectivity index (χ4v) is 3.28. The first-order valence-electron chi connectivity index (χ1n) is 10.2. The van der Waals surface area contributed by atoms with Gasteiger partial charge in [-0.3, -0.25) is 34.2 Å². The van der Waals surface area contributed by atoms with Gasteiger partial charge in [0, 0.05) is 31.9 Å². The zero-order valence-electron chi connectivity index (χ0n) is 18.3. The zero-order chi connectivity index (χ0) is 24.7. The number of aromatic amines is 1. The highest BCUT2D eigenvalue weighted by Crippen LogP contribution is 2.19. The van der Waals surface area contributed by atoms with Gasteiger partial charge in [0.25, 0.3) is 17.2 Å². The number of rotatable bonds is 9. The molecule has 0 aliphatic rings. The first-order valence-corrected chi connectivity index (χ1v) is 10.2. The molecule has 1 amide bonds. The minimum absolute atomic E-state index is 0.0224. The summed E-state index contributed by atoms with van der Waals surface area (Å²) in [7, 11) is 1.44. The van der Waals surface area contributed by atoms with Crippen LogP contribution in [0.15, 0.2) is 70.3 Å². The van der Waals surface area contributed by atoms with E-state index in [1.54, 1.807) is 30.3 Å². The average Bonchev–Trinajstić information content (AvgIpc) is 2.83. The number of nitro groups is 1. The fraction of sp³-hybridized carbons (Fsp3) is 0.174. The van der Waals surface area contributed by atoms with Gasteiger partial charge < -0.3 is 10.5 Å². The summed E-state index contributed by atoms with van der Waals surface area (Å²) in [5, 5.41) is 11.0. The number of benzene rings is 2. The number of anilines is 2. The lowest BCUT2D eigenvalue weighted by atomic mass is 10.2. The number of hydrogen-bond donors (Lipinski definition) is 2. The number of carbonyl (C=O) groups is 1. The number of nitrogens with two attached hydrogens (primary N) is 1. The van der Waals surface area contributed by atoms with Crippen molar-refractivity contribution < 1.29 is 14.5 Å². The molecule has 0 spiro atoms. The molecule has 0 atom stereocenters. The van der Waals surface area contributed by atoms with Crippen LogP contribution in [0.25, 0.3) is 6.08 Å². The molecule has 3 N–H and O–H groups in total. The number of ether oxygens (including phenoxy) is 1. The van der Waals surface area contributed by atoms with Gasteiger partial charge in [-0.25, -0.2) is 4.79 Å². The number of nitrogens with one attached hydrogen (secondary N) is 1. The summed E-state index contributed by atoms with van der Waals surface area (Å²) in [6.45, 7) is 0.156. The van der Waals surface area contributed by atoms with Crippen LogP contribution in [0.1, 0.15) is 11.1 Å². The molecule has 0 aliphatic heterocycles. The summed E-state index contributed by atoms with van der Waals surface area (Å²) in [5.74, 6) is -0.795. The molecule has 3 aromatic rings. The molecule has 0 saturated heterocycles. The predicted molar refractivity (Wildman–Crippen MR) is 128 cm³/mol. The molecule has 0 bridgehead atoms. The Kier molecular flexibility index (Phi) is 7.72. The number of nitro benzene ring substituents is 1. The van der Waals surface area contributed by atoms with Crippen LogP contribution < -0.4 is 21.9 Å². The van der Waals surface area contributed by atoms with Crippen molar-refractivity contribution in [3.63, 3.8) is 0 Å². The second-order valence-electron chi connectivity index (χ2n) is 7.23. The summed E-state index contributed by atoms with van der Waals surface area (Å²) >= 11 is 0. The number of hydrogen-bond acceptors (Lipinski definition) is 7. The van der Waals surface area contributed by atoms with Gasteiger partial charge in [0.1, 0.15) is 5.82 Å². The van der Waals surface area contributed by atoms with Gasteiger partial charge in [-0.15, -0.1) is 0 Å². The maximum absolute atomic E-state index is 13.1. The molecule has 176 valence electrons. The van der Waals surface area contributed by atoms with E-state index in [2.05, 4.69) is 4.98 Å². The van der Waals surface area contributed by atoms with Crippen LogP contribution in [-0.2, 0) is 16.1 Å². The summed E-state index contributed by atoms with van der Waals surface area (Å²) in [6.07, 6.45) is 2.56. The van der Waals surface area contributed by atoms with E-state index in [1.165, 1.54) is 42.0 Å². The van der Waals surface area contributed by atoms with E-state index >= 15 is 0 Å². The molecule has 0 radical (unpaired) electrons. The minimum Gasteiger partial charge on any atom is -0.383 e. The van der Waals surface area contributed by atoms with Crippen LogP contribution in [0.2, 0.25) is 0 Å². The molecule has 1 heterocycles. The topological polar surface area (TPSA) is 154 Å². The molecule has 34 heavy (non-hydrogen) atoms. The molecule has 11 heteroatoms. The largest absolute Gasteiger partial charge is 0.383 e. The second-order valence-corrected chi connectivity index (χ2v) is 7.23. The van der Waals surface area contributed by atoms with Crippen LogP contribution in [-0.4, -0.2) is 40.6 Å². The number of methoxy groups -OCH3 is 1. The van der Waals surface area contributed by atoms with Crippen molar-refractivity contribution in [1.82, 2.24) is 9.55 Å². The average molecular weight is 465 g/mol. The van der Waals surface area contributed by atoms with Crippen molar-refractivity contribution in [1.29, 1.82) is 0 Å². The highest BCUT2D eigenvalue weighted by Gasteiger charge is 2.23. The highest BCUT2D eigenvalue weighted by molar-refractivity contribution is 6.05. The normalized spacial score (nSPS) is 11.0. The lowest BCUT2D eigenvalue weighted by Gasteiger charge is -2.23. The summed E-state index contributed by atoms with van der Waals surface area (Å²) in [5.41, 5.74) is 5.56. The van der Waals surface area contributed by atoms with Crippen LogP contribution in [0.3, 0.4) is 0 Å². The number of non-ortho nitro benzene ring substituents is 1. The van der Waals surface area contributed by atoms with E-state index < -0.39 is 22.1 Å². The van der Waals surface area contributed by atoms with Gasteiger partial charge in [0.2, 0.25) is 0 Å². The number of H-pyrrole nitrogens is 1. The summed E-state index contributed by atoms with van der Waals surface area (Å²) in [4.78, 5) is 51.9. The minimum atomic E-state index is -0.819. The van der Waals surface area contributed by atoms with Gasteiger partial charge in [-0.05, 0) is 17.2 Å². The zero-order valence-corrected chi connectivity index (χ0v) is 18.3. The van der Waals surface area contributed by atoms with E-state index in [0.717, 1.165) is 10.5 Å². The third-order valence-corrected chi connectivity index (χ3v) is 4.95. The van der Waals surface area contributed by atoms with E-state index in [9.17, 15) is 24.5 Å². The quantitative estimate of drug-likeness (QED) is 0.277. The summed E-state index contributed by atoms with van der Waals surface area (Å²) < 4.78 is 6.23. The van der Waals surface area contributed by atoms with Gasteiger partial charge >= 0.3 is 5.69 Å². The Balaban J connectivity index is 2.00. The molecular formula is C23H23N5O6. The van der Waals surface area contributed by atoms with Crippen LogP contribution in [0, 0.1) is 10.1 Å². The molecule has 2 aromatic carbocycles. The lowest BCUT2D eigenvalue weighted by molar-refractivity contribution is -0.384. The third-order valence-electron chi connectivity index (χ3n) is 4.95. The Morgan fingerprint density at radius 3 is 2.62 bits per heavy atom. The SMILES string of the molecule is COCCN(C(=O)C=Cc1cccc([N+](=O)[O-])c1)c1c(N)n(Cc2ccccc2)c(=O)[nH]c1=O. The lowest BCUT2D eigenvalue weighted by Crippen LogP contribution is -2.42. The second kappa shape index (κ2) is 10.9. The van der Waals surface area contributed by atoms with Crippen molar-refractivity contribution in [3.05, 3.63) is 103 Å². The maximum atomic E-state index is 13.1. The Hall–Kier alpha value is -4.51. The molecule has 0 aliphatic carbocycles. The Bertz CT molecular complexity index is 1330. The summed E-state index contributed by atoms with van der Waals surface area (Å²) in [6, 6.07) is 14.8. The van der Waals surface area contributed by atoms with Crippen molar-refractivity contribution >= 4 is 29.2 Å². The van der Waals surface area contributed by atoms with Gasteiger partial charge in [-0.2, -0.15) is 0 Å². The number of amides is 1. The number of carbonyl (C=O) groups excluding carboxylic acids is 1. The van der Waals surface area contributed by atoms with Gasteiger partial charge in [0.05, 0.1) is 18.1 Å². The number of aromatic nitrogens is 2. The number of nitrogens with zero attached hydrogens (tertiary/aromatic N) is 3. The molecule has 0 saturated carbocycles. The molecule has 3 rings (SSSR count). The van der Waals surface area contributed by atoms with Crippen LogP contribution in [0.5, 0.6) is 0 Å². The predicted octanol–water partition coefficient (Wildman–Crippen LogP) is 1.77. The van der Waals surface area contributed by atoms with Gasteiger partial charge in [-0.1, -0.05) is 42.5 Å². The first-order chi connectivity index (χ1) is 16.3. The number of nitrogen functional groups attached to an aromatic ring is 1. The van der Waals surface area contributed by atoms with E-state index in [-0.39, 0.29) is 36.9 Å². The first kappa shape index (κ1) is 24.1. The van der Waals surface area contributed by atoms with Crippen LogP contribution >= 0.6 is 0 Å². The highest BCUT2D eigenvalue weighted by atomic mass is 16.6. The van der Waals surface area contributed by atoms with Crippen molar-refractivity contribution in [3.8, 4) is 0 Å². The Morgan fingerprint density at radius 2 is 1.94 bits per heavy atom. The van der Waals surface area contributed by atoms with Gasteiger partial charge in [0.15, 0.2) is 5.69 Å². The fourth-order valence-electron chi connectivity index (χ4n) is 3.28. The van der Waals surface area contributed by atoms with E-state index in [4.69, 9.17) is 10.5 Å². The molecule has 0 unspecified atom stereocenters. The van der Waals surface area contributed by atoms with Crippen molar-refractivity contribution in [2.24, 2.45) is 0 Å².